The second-order valence-corrected chi connectivity index (χ2v) is 8.88. The number of fused-ring (bicyclic) bond motifs is 6. The van der Waals surface area contributed by atoms with Crippen LogP contribution in [0.1, 0.15) is 63.8 Å². The quantitative estimate of drug-likeness (QED) is 0.358. The molecular weight excluding hydrogens is 408 g/mol. The Balaban J connectivity index is 1.36. The third kappa shape index (κ3) is 3.86. The molecule has 0 fully saturated rings. The van der Waals surface area contributed by atoms with Crippen LogP contribution in [0.4, 0.5) is 0 Å². The SMILES string of the molecule is c1ccc2c(c1)[C@@H]1C[C@@H](c3ccccc3[C@@H]1OCc1ccncc1)[C@H]2OCc1ccncc1. The van der Waals surface area contributed by atoms with E-state index in [1.54, 1.807) is 0 Å². The molecule has 2 bridgehead atoms. The van der Waals surface area contributed by atoms with Crippen molar-refractivity contribution in [3.8, 4) is 0 Å². The number of pyridine rings is 2. The Bertz CT molecular complexity index is 1130. The molecule has 0 saturated heterocycles. The summed E-state index contributed by atoms with van der Waals surface area (Å²) < 4.78 is 13.3. The van der Waals surface area contributed by atoms with Gasteiger partial charge in [-0.2, -0.15) is 0 Å². The fraction of sp³-hybridized carbons (Fsp3) is 0.241. The monoisotopic (exact) mass is 434 g/mol. The van der Waals surface area contributed by atoms with E-state index in [2.05, 4.69) is 58.5 Å². The lowest BCUT2D eigenvalue weighted by Crippen LogP contribution is -2.33. The Labute approximate surface area is 194 Å². The lowest BCUT2D eigenvalue weighted by molar-refractivity contribution is -0.0285. The summed E-state index contributed by atoms with van der Waals surface area (Å²) in [5, 5.41) is 0. The maximum absolute atomic E-state index is 6.63. The van der Waals surface area contributed by atoms with Gasteiger partial charge in [0, 0.05) is 36.6 Å². The zero-order valence-electron chi connectivity index (χ0n) is 18.4. The van der Waals surface area contributed by atoms with Crippen molar-refractivity contribution in [2.75, 3.05) is 0 Å². The number of ether oxygens (including phenoxy) is 2. The molecule has 4 aromatic rings. The largest absolute Gasteiger partial charge is 0.368 e. The highest BCUT2D eigenvalue weighted by Gasteiger charge is 2.45. The van der Waals surface area contributed by atoms with Gasteiger partial charge in [-0.3, -0.25) is 9.97 Å². The average Bonchev–Trinajstić information content (AvgIpc) is 2.89. The third-order valence-corrected chi connectivity index (χ3v) is 7.00. The maximum Gasteiger partial charge on any atom is 0.0901 e. The first-order valence-corrected chi connectivity index (χ1v) is 11.6. The second-order valence-electron chi connectivity index (χ2n) is 8.88. The van der Waals surface area contributed by atoms with E-state index in [0.717, 1.165) is 17.5 Å². The van der Waals surface area contributed by atoms with Crippen LogP contribution in [0, 0.1) is 0 Å². The van der Waals surface area contributed by atoms with E-state index < -0.39 is 0 Å². The number of hydrogen-bond acceptors (Lipinski definition) is 4. The number of rotatable bonds is 6. The summed E-state index contributed by atoms with van der Waals surface area (Å²) in [6.45, 7) is 1.15. The van der Waals surface area contributed by atoms with Crippen LogP contribution in [0.25, 0.3) is 0 Å². The summed E-state index contributed by atoms with van der Waals surface area (Å²) >= 11 is 0. The van der Waals surface area contributed by atoms with Gasteiger partial charge in [0.2, 0.25) is 0 Å². The Morgan fingerprint density at radius 3 is 1.36 bits per heavy atom. The van der Waals surface area contributed by atoms with Crippen LogP contribution >= 0.6 is 0 Å². The molecule has 0 amide bonds. The van der Waals surface area contributed by atoms with Crippen molar-refractivity contribution in [3.05, 3.63) is 131 Å². The van der Waals surface area contributed by atoms with E-state index in [0.29, 0.717) is 25.0 Å². The fourth-order valence-corrected chi connectivity index (χ4v) is 5.49. The van der Waals surface area contributed by atoms with Crippen LogP contribution in [-0.4, -0.2) is 9.97 Å². The lowest BCUT2D eigenvalue weighted by Gasteiger charge is -2.46. The van der Waals surface area contributed by atoms with Gasteiger partial charge >= 0.3 is 0 Å². The molecule has 0 unspecified atom stereocenters. The minimum absolute atomic E-state index is 0.0212. The molecule has 2 aliphatic carbocycles. The summed E-state index contributed by atoms with van der Waals surface area (Å²) in [7, 11) is 0. The summed E-state index contributed by atoms with van der Waals surface area (Å²) in [4.78, 5) is 8.26. The van der Waals surface area contributed by atoms with E-state index in [1.807, 2.05) is 49.1 Å². The number of nitrogens with zero attached hydrogens (tertiary/aromatic N) is 2. The van der Waals surface area contributed by atoms with Crippen LogP contribution in [0.15, 0.2) is 97.6 Å². The molecule has 4 heteroatoms. The Morgan fingerprint density at radius 1 is 0.545 bits per heavy atom. The van der Waals surface area contributed by atoms with E-state index in [9.17, 15) is 0 Å². The first-order valence-electron chi connectivity index (χ1n) is 11.6. The molecule has 4 atom stereocenters. The number of hydrogen-bond donors (Lipinski definition) is 0. The van der Waals surface area contributed by atoms with Gasteiger partial charge in [-0.25, -0.2) is 0 Å². The van der Waals surface area contributed by atoms with Gasteiger partial charge in [-0.1, -0.05) is 48.5 Å². The molecule has 2 aromatic heterocycles. The standard InChI is InChI=1S/C29H26N2O2/c1-3-7-24-22(5-1)26-17-27(28(24)32-18-20-9-13-30-14-10-20)23-6-2-4-8-25(23)29(26)33-19-21-11-15-31-16-12-21/h1-16,26-29H,17-19H2/t26-,27-,28-,29-/m0/s1. The first kappa shape index (κ1) is 20.3. The van der Waals surface area contributed by atoms with Crippen molar-refractivity contribution >= 4 is 0 Å². The smallest absolute Gasteiger partial charge is 0.0901 e. The van der Waals surface area contributed by atoms with Crippen molar-refractivity contribution in [2.24, 2.45) is 0 Å². The predicted molar refractivity (Wildman–Crippen MR) is 127 cm³/mol. The van der Waals surface area contributed by atoms with Crippen LogP contribution in [0.2, 0.25) is 0 Å². The summed E-state index contributed by atoms with van der Waals surface area (Å²) in [5.74, 6) is 0.618. The molecule has 4 nitrogen and oxygen atoms in total. The topological polar surface area (TPSA) is 44.2 Å². The van der Waals surface area contributed by atoms with Gasteiger partial charge in [-0.15, -0.1) is 0 Å². The highest BCUT2D eigenvalue weighted by molar-refractivity contribution is 5.47. The van der Waals surface area contributed by atoms with Crippen molar-refractivity contribution in [1.82, 2.24) is 9.97 Å². The van der Waals surface area contributed by atoms with Crippen LogP contribution in [-0.2, 0) is 22.7 Å². The molecule has 2 aliphatic rings. The Kier molecular flexibility index (Phi) is 5.46. The minimum Gasteiger partial charge on any atom is -0.368 e. The molecule has 0 aliphatic heterocycles. The molecular formula is C29H26N2O2. The van der Waals surface area contributed by atoms with E-state index in [1.165, 1.54) is 22.3 Å². The molecule has 0 saturated carbocycles. The maximum atomic E-state index is 6.63. The van der Waals surface area contributed by atoms with E-state index in [4.69, 9.17) is 9.47 Å². The minimum atomic E-state index is 0.0212. The average molecular weight is 435 g/mol. The van der Waals surface area contributed by atoms with Crippen molar-refractivity contribution in [1.29, 1.82) is 0 Å². The molecule has 33 heavy (non-hydrogen) atoms. The van der Waals surface area contributed by atoms with Gasteiger partial charge in [0.1, 0.15) is 0 Å². The molecule has 2 heterocycles. The predicted octanol–water partition coefficient (Wildman–Crippen LogP) is 6.28. The molecule has 6 rings (SSSR count). The van der Waals surface area contributed by atoms with Crippen molar-refractivity contribution in [2.45, 2.75) is 43.7 Å². The van der Waals surface area contributed by atoms with Gasteiger partial charge in [0.05, 0.1) is 25.4 Å². The van der Waals surface area contributed by atoms with Crippen molar-refractivity contribution < 1.29 is 9.47 Å². The molecule has 2 aromatic carbocycles. The fourth-order valence-electron chi connectivity index (χ4n) is 5.49. The van der Waals surface area contributed by atoms with Crippen molar-refractivity contribution in [3.63, 3.8) is 0 Å². The van der Waals surface area contributed by atoms with E-state index in [-0.39, 0.29) is 12.2 Å². The second kappa shape index (κ2) is 8.89. The highest BCUT2D eigenvalue weighted by Crippen LogP contribution is 2.58. The van der Waals surface area contributed by atoms with E-state index >= 15 is 0 Å². The summed E-state index contributed by atoms with van der Waals surface area (Å²) in [5.41, 5.74) is 7.57. The van der Waals surface area contributed by atoms with Gasteiger partial charge < -0.3 is 9.47 Å². The van der Waals surface area contributed by atoms with Gasteiger partial charge in [-0.05, 0) is 64.1 Å². The first-order chi connectivity index (χ1) is 16.4. The van der Waals surface area contributed by atoms with Gasteiger partial charge in [0.15, 0.2) is 0 Å². The summed E-state index contributed by atoms with van der Waals surface area (Å²) in [6, 6.07) is 25.6. The number of benzene rings is 2. The zero-order chi connectivity index (χ0) is 22.0. The zero-order valence-corrected chi connectivity index (χ0v) is 18.4. The van der Waals surface area contributed by atoms with Crippen LogP contribution in [0.5, 0.6) is 0 Å². The Hall–Kier alpha value is -3.34. The molecule has 0 N–H and O–H groups in total. The van der Waals surface area contributed by atoms with Crippen LogP contribution < -0.4 is 0 Å². The summed E-state index contributed by atoms with van der Waals surface area (Å²) in [6.07, 6.45) is 8.36. The molecule has 164 valence electrons. The normalized spacial score (nSPS) is 22.9. The van der Waals surface area contributed by atoms with Crippen LogP contribution in [0.3, 0.4) is 0 Å². The number of aromatic nitrogens is 2. The van der Waals surface area contributed by atoms with Gasteiger partial charge in [0.25, 0.3) is 0 Å². The molecule has 0 radical (unpaired) electrons. The third-order valence-electron chi connectivity index (χ3n) is 7.00. The lowest BCUT2D eigenvalue weighted by atomic mass is 9.64. The molecule has 0 spiro atoms. The highest BCUT2D eigenvalue weighted by atomic mass is 16.5. The Morgan fingerprint density at radius 2 is 0.939 bits per heavy atom.